The predicted molar refractivity (Wildman–Crippen MR) is 105 cm³/mol. The van der Waals surface area contributed by atoms with Crippen molar-refractivity contribution in [2.24, 2.45) is 11.8 Å². The van der Waals surface area contributed by atoms with Crippen molar-refractivity contribution in [1.82, 2.24) is 9.21 Å². The summed E-state index contributed by atoms with van der Waals surface area (Å²) in [6.45, 7) is 6.65. The topological polar surface area (TPSA) is 66.9 Å². The van der Waals surface area contributed by atoms with Gasteiger partial charge in [0, 0.05) is 26.2 Å². The molecule has 2 saturated heterocycles. The summed E-state index contributed by atoms with van der Waals surface area (Å²) in [6, 6.07) is 2.67. The molecule has 0 radical (unpaired) electrons. The van der Waals surface area contributed by atoms with Gasteiger partial charge in [0.1, 0.15) is 4.90 Å². The number of hydrogen-bond acceptors (Lipinski definition) is 4. The van der Waals surface area contributed by atoms with Gasteiger partial charge >= 0.3 is 0 Å². The highest BCUT2D eigenvalue weighted by Gasteiger charge is 2.32. The van der Waals surface area contributed by atoms with Crippen LogP contribution in [0.3, 0.4) is 0 Å². The Labute approximate surface area is 170 Å². The van der Waals surface area contributed by atoms with E-state index >= 15 is 0 Å². The number of morpholine rings is 1. The Morgan fingerprint density at radius 3 is 2.26 bits per heavy atom. The highest BCUT2D eigenvalue weighted by molar-refractivity contribution is 7.89. The first kappa shape index (κ1) is 20.9. The number of sulfonamides is 1. The van der Waals surface area contributed by atoms with Crippen molar-refractivity contribution in [3.05, 3.63) is 27.7 Å². The van der Waals surface area contributed by atoms with Gasteiger partial charge in [0.05, 0.1) is 28.8 Å². The van der Waals surface area contributed by atoms with Gasteiger partial charge in [-0.05, 0) is 30.4 Å². The number of nitrogens with zero attached hydrogens (tertiary/aromatic N) is 2. The zero-order chi connectivity index (χ0) is 19.8. The van der Waals surface area contributed by atoms with Crippen molar-refractivity contribution in [3.63, 3.8) is 0 Å². The summed E-state index contributed by atoms with van der Waals surface area (Å²) in [4.78, 5) is 14.7. The lowest BCUT2D eigenvalue weighted by Gasteiger charge is -2.35. The number of amides is 1. The van der Waals surface area contributed by atoms with E-state index in [9.17, 15) is 13.2 Å². The molecule has 0 aromatic heterocycles. The van der Waals surface area contributed by atoms with E-state index in [1.54, 1.807) is 4.90 Å². The number of ether oxygens (including phenoxy) is 1. The number of hydrogen-bond donors (Lipinski definition) is 0. The molecule has 1 amide bonds. The molecule has 0 bridgehead atoms. The van der Waals surface area contributed by atoms with Crippen molar-refractivity contribution in [3.8, 4) is 0 Å². The van der Waals surface area contributed by atoms with Crippen molar-refractivity contribution in [2.45, 2.75) is 25.2 Å². The van der Waals surface area contributed by atoms with Gasteiger partial charge in [0.15, 0.2) is 0 Å². The standard InChI is InChI=1S/C18H24Cl2N2O4S/c1-12-7-13(2)11-21(10-12)18(23)14-8-17(16(20)9-15(14)19)27(24,25)22-3-5-26-6-4-22/h8-9,12-13H,3-7,10-11H2,1-2H3. The van der Waals surface area contributed by atoms with Crippen LogP contribution >= 0.6 is 23.2 Å². The fraction of sp³-hybridized carbons (Fsp3) is 0.611. The summed E-state index contributed by atoms with van der Waals surface area (Å²) < 4.78 is 32.5. The largest absolute Gasteiger partial charge is 0.379 e. The first-order valence-corrected chi connectivity index (χ1v) is 11.3. The number of benzene rings is 1. The average Bonchev–Trinajstić information content (AvgIpc) is 2.61. The highest BCUT2D eigenvalue weighted by Crippen LogP contribution is 2.32. The molecule has 1 aromatic rings. The van der Waals surface area contributed by atoms with Crippen LogP contribution in [-0.4, -0.2) is 62.9 Å². The van der Waals surface area contributed by atoms with Gasteiger partial charge in [-0.1, -0.05) is 37.0 Å². The number of halogens is 2. The van der Waals surface area contributed by atoms with Gasteiger partial charge in [-0.2, -0.15) is 4.31 Å². The number of carbonyl (C=O) groups excluding carboxylic acids is 1. The smallest absolute Gasteiger partial charge is 0.255 e. The maximum atomic E-state index is 13.0. The Morgan fingerprint density at radius 2 is 1.67 bits per heavy atom. The number of piperidine rings is 1. The van der Waals surface area contributed by atoms with Gasteiger partial charge in [-0.15, -0.1) is 0 Å². The molecule has 0 spiro atoms. The molecular formula is C18H24Cl2N2O4S. The minimum atomic E-state index is -3.83. The van der Waals surface area contributed by atoms with Crippen molar-refractivity contribution < 1.29 is 17.9 Å². The summed E-state index contributed by atoms with van der Waals surface area (Å²) in [5.74, 6) is 0.522. The fourth-order valence-electron chi connectivity index (χ4n) is 3.82. The van der Waals surface area contributed by atoms with E-state index < -0.39 is 10.0 Å². The summed E-state index contributed by atoms with van der Waals surface area (Å²) in [6.07, 6.45) is 1.06. The summed E-state index contributed by atoms with van der Waals surface area (Å²) in [5, 5.41) is 0.181. The lowest BCUT2D eigenvalue weighted by atomic mass is 9.91. The third-order valence-electron chi connectivity index (χ3n) is 5.00. The molecule has 1 aromatic carbocycles. The van der Waals surface area contributed by atoms with E-state index in [1.165, 1.54) is 16.4 Å². The van der Waals surface area contributed by atoms with Crippen LogP contribution in [0.4, 0.5) is 0 Å². The second-order valence-electron chi connectivity index (χ2n) is 7.44. The molecule has 0 saturated carbocycles. The molecular weight excluding hydrogens is 411 g/mol. The van der Waals surface area contributed by atoms with Crippen LogP contribution < -0.4 is 0 Å². The molecule has 2 unspecified atom stereocenters. The quantitative estimate of drug-likeness (QED) is 0.732. The van der Waals surface area contributed by atoms with Gasteiger partial charge in [-0.25, -0.2) is 8.42 Å². The molecule has 0 N–H and O–H groups in total. The van der Waals surface area contributed by atoms with Crippen LogP contribution in [0.1, 0.15) is 30.6 Å². The van der Waals surface area contributed by atoms with E-state index in [2.05, 4.69) is 13.8 Å². The van der Waals surface area contributed by atoms with Crippen molar-refractivity contribution >= 4 is 39.1 Å². The second-order valence-corrected chi connectivity index (χ2v) is 10.2. The summed E-state index contributed by atoms with van der Waals surface area (Å²) in [7, 11) is -3.83. The Kier molecular flexibility index (Phi) is 6.37. The van der Waals surface area contributed by atoms with Crippen molar-refractivity contribution in [2.75, 3.05) is 39.4 Å². The van der Waals surface area contributed by atoms with E-state index in [1.807, 2.05) is 0 Å². The average molecular weight is 435 g/mol. The Balaban J connectivity index is 1.95. The molecule has 150 valence electrons. The lowest BCUT2D eigenvalue weighted by molar-refractivity contribution is 0.0623. The highest BCUT2D eigenvalue weighted by atomic mass is 35.5. The van der Waals surface area contributed by atoms with E-state index in [0.29, 0.717) is 38.1 Å². The first-order valence-electron chi connectivity index (χ1n) is 9.06. The molecule has 2 heterocycles. The minimum absolute atomic E-state index is 0.0171. The molecule has 2 aliphatic heterocycles. The van der Waals surface area contributed by atoms with E-state index in [4.69, 9.17) is 27.9 Å². The zero-order valence-electron chi connectivity index (χ0n) is 15.5. The van der Waals surface area contributed by atoms with Gasteiger partial charge < -0.3 is 9.64 Å². The Bertz CT molecular complexity index is 815. The summed E-state index contributed by atoms with van der Waals surface area (Å²) >= 11 is 12.5. The number of likely N-dealkylation sites (tertiary alicyclic amines) is 1. The third kappa shape index (κ3) is 4.43. The molecule has 9 heteroatoms. The Morgan fingerprint density at radius 1 is 1.07 bits per heavy atom. The normalized spacial score (nSPS) is 24.8. The van der Waals surface area contributed by atoms with Crippen molar-refractivity contribution in [1.29, 1.82) is 0 Å². The molecule has 0 aliphatic carbocycles. The van der Waals surface area contributed by atoms with Crippen LogP contribution in [0.15, 0.2) is 17.0 Å². The summed E-state index contributed by atoms with van der Waals surface area (Å²) in [5.41, 5.74) is 0.175. The van der Waals surface area contributed by atoms with Gasteiger partial charge in [0.25, 0.3) is 5.91 Å². The molecule has 2 atom stereocenters. The van der Waals surface area contributed by atoms with Gasteiger partial charge in [0.2, 0.25) is 10.0 Å². The minimum Gasteiger partial charge on any atom is -0.379 e. The zero-order valence-corrected chi connectivity index (χ0v) is 17.8. The molecule has 27 heavy (non-hydrogen) atoms. The fourth-order valence-corrected chi connectivity index (χ4v) is 6.05. The molecule has 2 aliphatic rings. The monoisotopic (exact) mass is 434 g/mol. The van der Waals surface area contributed by atoms with E-state index in [0.717, 1.165) is 6.42 Å². The lowest BCUT2D eigenvalue weighted by Crippen LogP contribution is -2.43. The third-order valence-corrected chi connectivity index (χ3v) is 7.67. The van der Waals surface area contributed by atoms with Crippen LogP contribution in [0.2, 0.25) is 10.0 Å². The number of carbonyl (C=O) groups is 1. The predicted octanol–water partition coefficient (Wildman–Crippen LogP) is 3.13. The second kappa shape index (κ2) is 8.25. The molecule has 6 nitrogen and oxygen atoms in total. The Hall–Kier alpha value is -0.860. The first-order chi connectivity index (χ1) is 12.7. The molecule has 2 fully saturated rings. The maximum Gasteiger partial charge on any atom is 0.255 e. The molecule has 3 rings (SSSR count). The maximum absolute atomic E-state index is 13.0. The van der Waals surface area contributed by atoms with Crippen LogP contribution in [0.25, 0.3) is 0 Å². The van der Waals surface area contributed by atoms with E-state index in [-0.39, 0.29) is 39.5 Å². The van der Waals surface area contributed by atoms with Crippen LogP contribution in [0, 0.1) is 11.8 Å². The number of rotatable bonds is 3. The van der Waals surface area contributed by atoms with Gasteiger partial charge in [-0.3, -0.25) is 4.79 Å². The SMILES string of the molecule is CC1CC(C)CN(C(=O)c2cc(S(=O)(=O)N3CCOCC3)c(Cl)cc2Cl)C1. The van der Waals surface area contributed by atoms with Crippen LogP contribution in [0.5, 0.6) is 0 Å². The van der Waals surface area contributed by atoms with Crippen LogP contribution in [-0.2, 0) is 14.8 Å².